The molecular formula is C13H17N3O. The molecule has 0 aromatic carbocycles. The van der Waals surface area contributed by atoms with E-state index in [1.807, 2.05) is 31.1 Å². The Bertz CT molecular complexity index is 426. The molecule has 0 spiro atoms. The molecule has 90 valence electrons. The fourth-order valence-electron chi connectivity index (χ4n) is 1.19. The number of pyridine rings is 1. The van der Waals surface area contributed by atoms with Gasteiger partial charge in [-0.2, -0.15) is 0 Å². The molecule has 0 atom stereocenters. The van der Waals surface area contributed by atoms with E-state index < -0.39 is 0 Å². The lowest BCUT2D eigenvalue weighted by molar-refractivity contribution is -0.118. The van der Waals surface area contributed by atoms with Crippen LogP contribution in [0.4, 0.5) is 5.82 Å². The highest BCUT2D eigenvalue weighted by Gasteiger charge is 1.94. The Morgan fingerprint density at radius 1 is 1.47 bits per heavy atom. The second kappa shape index (κ2) is 6.54. The van der Waals surface area contributed by atoms with Gasteiger partial charge in [0.25, 0.3) is 0 Å². The van der Waals surface area contributed by atoms with Crippen LogP contribution < -0.4 is 10.2 Å². The van der Waals surface area contributed by atoms with Gasteiger partial charge in [0.1, 0.15) is 5.82 Å². The zero-order valence-electron chi connectivity index (χ0n) is 10.4. The van der Waals surface area contributed by atoms with Crippen molar-refractivity contribution in [3.8, 4) is 11.8 Å². The van der Waals surface area contributed by atoms with Crippen molar-refractivity contribution < 1.29 is 4.79 Å². The number of carbonyl (C=O) groups excluding carboxylic acids is 1. The molecule has 1 N–H and O–H groups in total. The molecule has 0 fully saturated rings. The summed E-state index contributed by atoms with van der Waals surface area (Å²) in [6.07, 6.45) is 2.40. The monoisotopic (exact) mass is 231 g/mol. The molecular weight excluding hydrogens is 214 g/mol. The number of carbonyl (C=O) groups is 1. The van der Waals surface area contributed by atoms with Gasteiger partial charge in [0, 0.05) is 45.7 Å². The highest BCUT2D eigenvalue weighted by atomic mass is 16.1. The molecule has 0 radical (unpaired) electrons. The second-order valence-electron chi connectivity index (χ2n) is 3.83. The minimum absolute atomic E-state index is 0.0243. The van der Waals surface area contributed by atoms with Gasteiger partial charge in [-0.25, -0.2) is 4.98 Å². The standard InChI is InChI=1S/C13H17N3O/c1-11(17)14-9-5-4-6-12-7-8-13(15-10-12)16(2)3/h7-8,10H,5,9H2,1-3H3,(H,14,17). The number of hydrogen-bond donors (Lipinski definition) is 1. The van der Waals surface area contributed by atoms with E-state index in [1.54, 1.807) is 6.20 Å². The third kappa shape index (κ3) is 5.03. The first-order valence-electron chi connectivity index (χ1n) is 5.46. The maximum atomic E-state index is 10.6. The SMILES string of the molecule is CC(=O)NCCC#Cc1ccc(N(C)C)nc1. The van der Waals surface area contributed by atoms with Crippen molar-refractivity contribution in [2.24, 2.45) is 0 Å². The number of anilines is 1. The van der Waals surface area contributed by atoms with Crippen molar-refractivity contribution in [2.75, 3.05) is 25.5 Å². The van der Waals surface area contributed by atoms with Gasteiger partial charge in [-0.1, -0.05) is 11.8 Å². The van der Waals surface area contributed by atoms with Gasteiger partial charge in [0.05, 0.1) is 0 Å². The minimum Gasteiger partial charge on any atom is -0.363 e. The van der Waals surface area contributed by atoms with Gasteiger partial charge >= 0.3 is 0 Å². The molecule has 4 nitrogen and oxygen atoms in total. The molecule has 17 heavy (non-hydrogen) atoms. The number of amides is 1. The summed E-state index contributed by atoms with van der Waals surface area (Å²) in [6.45, 7) is 2.09. The Kier molecular flexibility index (Phi) is 5.02. The zero-order valence-corrected chi connectivity index (χ0v) is 10.4. The predicted octanol–water partition coefficient (Wildman–Crippen LogP) is 1.03. The second-order valence-corrected chi connectivity index (χ2v) is 3.83. The predicted molar refractivity (Wildman–Crippen MR) is 68.7 cm³/mol. The number of hydrogen-bond acceptors (Lipinski definition) is 3. The van der Waals surface area contributed by atoms with E-state index in [0.29, 0.717) is 13.0 Å². The summed E-state index contributed by atoms with van der Waals surface area (Å²) >= 11 is 0. The van der Waals surface area contributed by atoms with Crippen LogP contribution in [0.3, 0.4) is 0 Å². The van der Waals surface area contributed by atoms with Gasteiger partial charge < -0.3 is 10.2 Å². The molecule has 4 heteroatoms. The Balaban J connectivity index is 2.46. The third-order valence-electron chi connectivity index (χ3n) is 2.06. The molecule has 1 aromatic rings. The van der Waals surface area contributed by atoms with Crippen LogP contribution in [0.2, 0.25) is 0 Å². The van der Waals surface area contributed by atoms with Crippen molar-refractivity contribution in [2.45, 2.75) is 13.3 Å². The maximum absolute atomic E-state index is 10.6. The van der Waals surface area contributed by atoms with E-state index in [9.17, 15) is 4.79 Å². The summed E-state index contributed by atoms with van der Waals surface area (Å²) in [5.41, 5.74) is 0.887. The van der Waals surface area contributed by atoms with Crippen LogP contribution in [0.25, 0.3) is 0 Å². The number of nitrogens with zero attached hydrogens (tertiary/aromatic N) is 2. The Hall–Kier alpha value is -2.02. The van der Waals surface area contributed by atoms with Crippen LogP contribution in [-0.4, -0.2) is 31.5 Å². The van der Waals surface area contributed by atoms with Crippen molar-refractivity contribution in [1.82, 2.24) is 10.3 Å². The normalized spacial score (nSPS) is 9.12. The van der Waals surface area contributed by atoms with E-state index in [4.69, 9.17) is 0 Å². The summed E-state index contributed by atoms with van der Waals surface area (Å²) < 4.78 is 0. The quantitative estimate of drug-likeness (QED) is 0.624. The average molecular weight is 231 g/mol. The van der Waals surface area contributed by atoms with Crippen LogP contribution in [0.5, 0.6) is 0 Å². The van der Waals surface area contributed by atoms with Gasteiger partial charge in [0.15, 0.2) is 0 Å². The van der Waals surface area contributed by atoms with Gasteiger partial charge in [-0.15, -0.1) is 0 Å². The first kappa shape index (κ1) is 13.0. The van der Waals surface area contributed by atoms with E-state index in [-0.39, 0.29) is 5.91 Å². The molecule has 0 aliphatic rings. The Morgan fingerprint density at radius 3 is 2.76 bits per heavy atom. The third-order valence-corrected chi connectivity index (χ3v) is 2.06. The zero-order chi connectivity index (χ0) is 12.7. The molecule has 0 bridgehead atoms. The lowest BCUT2D eigenvalue weighted by Gasteiger charge is -2.09. The first-order valence-corrected chi connectivity index (χ1v) is 5.46. The summed E-state index contributed by atoms with van der Waals surface area (Å²) in [6, 6.07) is 3.87. The van der Waals surface area contributed by atoms with E-state index in [1.165, 1.54) is 6.92 Å². The molecule has 0 aliphatic heterocycles. The topological polar surface area (TPSA) is 45.2 Å². The van der Waals surface area contributed by atoms with E-state index in [2.05, 4.69) is 22.1 Å². The van der Waals surface area contributed by atoms with Crippen LogP contribution in [0.1, 0.15) is 18.9 Å². The Labute approximate surface area is 102 Å². The fourth-order valence-corrected chi connectivity index (χ4v) is 1.19. The van der Waals surface area contributed by atoms with Gasteiger partial charge in [0.2, 0.25) is 5.91 Å². The Morgan fingerprint density at radius 2 is 2.24 bits per heavy atom. The van der Waals surface area contributed by atoms with Crippen LogP contribution >= 0.6 is 0 Å². The molecule has 1 rings (SSSR count). The van der Waals surface area contributed by atoms with Crippen LogP contribution in [0.15, 0.2) is 18.3 Å². The summed E-state index contributed by atoms with van der Waals surface area (Å²) in [4.78, 5) is 16.8. The molecule has 1 amide bonds. The van der Waals surface area contributed by atoms with Gasteiger partial charge in [-0.05, 0) is 12.1 Å². The van der Waals surface area contributed by atoms with Gasteiger partial charge in [-0.3, -0.25) is 4.79 Å². The fraction of sp³-hybridized carbons (Fsp3) is 0.385. The van der Waals surface area contributed by atoms with Crippen LogP contribution in [-0.2, 0) is 4.79 Å². The first-order chi connectivity index (χ1) is 8.09. The molecule has 0 unspecified atom stereocenters. The molecule has 0 saturated carbocycles. The van der Waals surface area contributed by atoms with Crippen molar-refractivity contribution in [3.63, 3.8) is 0 Å². The lowest BCUT2D eigenvalue weighted by atomic mass is 10.2. The van der Waals surface area contributed by atoms with Crippen molar-refractivity contribution in [1.29, 1.82) is 0 Å². The number of rotatable bonds is 3. The minimum atomic E-state index is -0.0243. The highest BCUT2D eigenvalue weighted by molar-refractivity contribution is 5.72. The largest absolute Gasteiger partial charge is 0.363 e. The number of nitrogens with one attached hydrogen (secondary N) is 1. The smallest absolute Gasteiger partial charge is 0.216 e. The number of aromatic nitrogens is 1. The van der Waals surface area contributed by atoms with Crippen molar-refractivity contribution in [3.05, 3.63) is 23.9 Å². The summed E-state index contributed by atoms with van der Waals surface area (Å²) in [7, 11) is 3.89. The average Bonchev–Trinajstić information content (AvgIpc) is 2.29. The summed E-state index contributed by atoms with van der Waals surface area (Å²) in [5.74, 6) is 6.88. The van der Waals surface area contributed by atoms with Crippen molar-refractivity contribution >= 4 is 11.7 Å². The molecule has 0 saturated heterocycles. The van der Waals surface area contributed by atoms with Crippen LogP contribution in [0, 0.1) is 11.8 Å². The highest BCUT2D eigenvalue weighted by Crippen LogP contribution is 2.06. The van der Waals surface area contributed by atoms with E-state index >= 15 is 0 Å². The van der Waals surface area contributed by atoms with E-state index in [0.717, 1.165) is 11.4 Å². The molecule has 1 aromatic heterocycles. The maximum Gasteiger partial charge on any atom is 0.216 e. The molecule has 0 aliphatic carbocycles. The lowest BCUT2D eigenvalue weighted by Crippen LogP contribution is -2.20. The summed E-state index contributed by atoms with van der Waals surface area (Å²) in [5, 5.41) is 2.69. The molecule has 1 heterocycles.